The highest BCUT2D eigenvalue weighted by Crippen LogP contribution is 2.10. The third-order valence-corrected chi connectivity index (χ3v) is 2.07. The van der Waals surface area contributed by atoms with Crippen LogP contribution in [0.1, 0.15) is 37.6 Å². The summed E-state index contributed by atoms with van der Waals surface area (Å²) in [5.41, 5.74) is 0.197. The number of hydrogen-bond acceptors (Lipinski definition) is 3. The van der Waals surface area contributed by atoms with Crippen LogP contribution in [0.5, 0.6) is 0 Å². The maximum Gasteiger partial charge on any atom is 0.338 e. The molecule has 0 aliphatic rings. The zero-order chi connectivity index (χ0) is 12.1. The Labute approximate surface area is 94.6 Å². The topological polar surface area (TPSA) is 39.2 Å². The summed E-state index contributed by atoms with van der Waals surface area (Å²) in [4.78, 5) is 14.9. The van der Waals surface area contributed by atoms with Crippen LogP contribution in [0, 0.1) is 11.9 Å². The number of rotatable bonds is 4. The minimum Gasteiger partial charge on any atom is -0.459 e. The van der Waals surface area contributed by atoms with E-state index in [0.717, 1.165) is 12.5 Å². The second-order valence-electron chi connectivity index (χ2n) is 4.21. The highest BCUT2D eigenvalue weighted by atomic mass is 19.1. The molecule has 1 heterocycles. The summed E-state index contributed by atoms with van der Waals surface area (Å²) < 4.78 is 17.9. The molecule has 0 saturated heterocycles. The number of hydrogen-bond donors (Lipinski definition) is 0. The number of halogens is 1. The predicted molar refractivity (Wildman–Crippen MR) is 58.5 cm³/mol. The zero-order valence-corrected chi connectivity index (χ0v) is 9.74. The van der Waals surface area contributed by atoms with E-state index in [1.54, 1.807) is 0 Å². The van der Waals surface area contributed by atoms with Crippen LogP contribution < -0.4 is 0 Å². The molecule has 0 amide bonds. The van der Waals surface area contributed by atoms with Gasteiger partial charge < -0.3 is 4.74 Å². The van der Waals surface area contributed by atoms with Crippen LogP contribution in [0.15, 0.2) is 18.3 Å². The van der Waals surface area contributed by atoms with Gasteiger partial charge in [0.25, 0.3) is 0 Å². The Morgan fingerprint density at radius 2 is 2.19 bits per heavy atom. The van der Waals surface area contributed by atoms with Crippen molar-refractivity contribution in [3.8, 4) is 0 Å². The number of ether oxygens (including phenoxy) is 1. The number of nitrogens with zero attached hydrogens (tertiary/aromatic N) is 1. The highest BCUT2D eigenvalue weighted by Gasteiger charge is 2.13. The van der Waals surface area contributed by atoms with Gasteiger partial charge in [-0.15, -0.1) is 0 Å². The molecule has 1 atom stereocenters. The van der Waals surface area contributed by atoms with Gasteiger partial charge in [-0.1, -0.05) is 13.8 Å². The molecule has 0 aliphatic carbocycles. The van der Waals surface area contributed by atoms with Crippen molar-refractivity contribution in [1.29, 1.82) is 0 Å². The van der Waals surface area contributed by atoms with Crippen molar-refractivity contribution in [2.24, 2.45) is 5.92 Å². The third-order valence-electron chi connectivity index (χ3n) is 2.07. The van der Waals surface area contributed by atoms with E-state index in [0.29, 0.717) is 5.92 Å². The third kappa shape index (κ3) is 3.96. The molecule has 0 aromatic carbocycles. The van der Waals surface area contributed by atoms with Crippen molar-refractivity contribution in [3.63, 3.8) is 0 Å². The number of pyridine rings is 1. The molecule has 0 aliphatic heterocycles. The fourth-order valence-electron chi connectivity index (χ4n) is 1.49. The Bertz CT molecular complexity index is 366. The Kier molecular flexibility index (Phi) is 4.40. The van der Waals surface area contributed by atoms with E-state index in [9.17, 15) is 9.18 Å². The predicted octanol–water partition coefficient (Wildman–Crippen LogP) is 2.81. The summed E-state index contributed by atoms with van der Waals surface area (Å²) in [6.45, 7) is 5.93. The minimum atomic E-state index is -0.675. The van der Waals surface area contributed by atoms with Crippen molar-refractivity contribution in [1.82, 2.24) is 4.98 Å². The average molecular weight is 225 g/mol. The molecule has 0 saturated carbocycles. The molecule has 4 heteroatoms. The van der Waals surface area contributed by atoms with Gasteiger partial charge in [-0.05, 0) is 25.3 Å². The number of carbonyl (C=O) groups is 1. The molecule has 0 radical (unpaired) electrons. The molecule has 0 fully saturated rings. The van der Waals surface area contributed by atoms with E-state index in [-0.39, 0.29) is 11.7 Å². The summed E-state index contributed by atoms with van der Waals surface area (Å²) >= 11 is 0. The smallest absolute Gasteiger partial charge is 0.338 e. The highest BCUT2D eigenvalue weighted by molar-refractivity contribution is 5.89. The maximum atomic E-state index is 12.8. The molecule has 1 aromatic heterocycles. The Hall–Kier alpha value is -1.45. The molecule has 0 spiro atoms. The van der Waals surface area contributed by atoms with Gasteiger partial charge in [-0.2, -0.15) is 4.39 Å². The van der Waals surface area contributed by atoms with Gasteiger partial charge in [-0.25, -0.2) is 9.78 Å². The first-order valence-corrected chi connectivity index (χ1v) is 5.31. The normalized spacial score (nSPS) is 12.6. The Morgan fingerprint density at radius 3 is 2.75 bits per heavy atom. The van der Waals surface area contributed by atoms with E-state index < -0.39 is 11.9 Å². The molecule has 16 heavy (non-hydrogen) atoms. The van der Waals surface area contributed by atoms with Crippen LogP contribution in [-0.4, -0.2) is 17.1 Å². The van der Waals surface area contributed by atoms with Gasteiger partial charge in [0.05, 0.1) is 11.7 Å². The van der Waals surface area contributed by atoms with E-state index in [4.69, 9.17) is 4.74 Å². The van der Waals surface area contributed by atoms with Crippen molar-refractivity contribution >= 4 is 5.97 Å². The van der Waals surface area contributed by atoms with Gasteiger partial charge in [0.1, 0.15) is 0 Å². The quantitative estimate of drug-likeness (QED) is 0.584. The molecule has 1 unspecified atom stereocenters. The monoisotopic (exact) mass is 225 g/mol. The molecule has 1 aromatic rings. The Morgan fingerprint density at radius 1 is 1.50 bits per heavy atom. The molecule has 1 rings (SSSR count). The number of esters is 1. The first kappa shape index (κ1) is 12.6. The van der Waals surface area contributed by atoms with Gasteiger partial charge in [0.2, 0.25) is 5.95 Å². The fourth-order valence-corrected chi connectivity index (χ4v) is 1.49. The summed E-state index contributed by atoms with van der Waals surface area (Å²) in [5, 5.41) is 0. The molecule has 3 nitrogen and oxygen atoms in total. The van der Waals surface area contributed by atoms with E-state index in [2.05, 4.69) is 18.8 Å². The van der Waals surface area contributed by atoms with Crippen molar-refractivity contribution < 1.29 is 13.9 Å². The molecule has 88 valence electrons. The lowest BCUT2D eigenvalue weighted by molar-refractivity contribution is 0.0299. The largest absolute Gasteiger partial charge is 0.459 e. The van der Waals surface area contributed by atoms with Crippen molar-refractivity contribution in [2.45, 2.75) is 33.3 Å². The van der Waals surface area contributed by atoms with Crippen molar-refractivity contribution in [3.05, 3.63) is 29.8 Å². The first-order valence-electron chi connectivity index (χ1n) is 5.31. The summed E-state index contributed by atoms with van der Waals surface area (Å²) in [5.74, 6) is -0.725. The molecule has 0 N–H and O–H groups in total. The summed E-state index contributed by atoms with van der Waals surface area (Å²) in [6, 6.07) is 2.51. The van der Waals surface area contributed by atoms with Gasteiger partial charge in [0, 0.05) is 12.3 Å². The van der Waals surface area contributed by atoms with Crippen LogP contribution in [0.3, 0.4) is 0 Å². The Balaban J connectivity index is 2.59. The van der Waals surface area contributed by atoms with Crippen LogP contribution in [0.25, 0.3) is 0 Å². The average Bonchev–Trinajstić information content (AvgIpc) is 2.16. The van der Waals surface area contributed by atoms with E-state index in [1.165, 1.54) is 12.3 Å². The van der Waals surface area contributed by atoms with Crippen LogP contribution in [0.2, 0.25) is 0 Å². The first-order chi connectivity index (χ1) is 7.49. The second-order valence-corrected chi connectivity index (χ2v) is 4.21. The second kappa shape index (κ2) is 5.58. The van der Waals surface area contributed by atoms with Crippen LogP contribution >= 0.6 is 0 Å². The van der Waals surface area contributed by atoms with Gasteiger partial charge in [0.15, 0.2) is 0 Å². The van der Waals surface area contributed by atoms with Gasteiger partial charge >= 0.3 is 5.97 Å². The lowest BCUT2D eigenvalue weighted by Gasteiger charge is -2.15. The van der Waals surface area contributed by atoms with Crippen LogP contribution in [0.4, 0.5) is 4.39 Å². The van der Waals surface area contributed by atoms with E-state index in [1.807, 2.05) is 6.92 Å². The lowest BCUT2D eigenvalue weighted by atomic mass is 10.1. The zero-order valence-electron chi connectivity index (χ0n) is 9.74. The molecule has 0 bridgehead atoms. The molecular weight excluding hydrogens is 209 g/mol. The minimum absolute atomic E-state index is 0.163. The maximum absolute atomic E-state index is 12.8. The number of aromatic nitrogens is 1. The summed E-state index contributed by atoms with van der Waals surface area (Å²) in [6.07, 6.45) is 1.88. The fraction of sp³-hybridized carbons (Fsp3) is 0.500. The van der Waals surface area contributed by atoms with Crippen LogP contribution in [-0.2, 0) is 4.74 Å². The van der Waals surface area contributed by atoms with Crippen molar-refractivity contribution in [2.75, 3.05) is 0 Å². The van der Waals surface area contributed by atoms with E-state index >= 15 is 0 Å². The molecular formula is C12H16FNO2. The standard InChI is InChI=1S/C12H16FNO2/c1-8(2)6-9(3)16-12(15)10-4-5-14-11(13)7-10/h4-5,7-9H,6H2,1-3H3. The number of carbonyl (C=O) groups excluding carboxylic acids is 1. The lowest BCUT2D eigenvalue weighted by Crippen LogP contribution is -2.17. The van der Waals surface area contributed by atoms with Gasteiger partial charge in [-0.3, -0.25) is 0 Å². The SMILES string of the molecule is CC(C)CC(C)OC(=O)c1ccnc(F)c1. The summed E-state index contributed by atoms with van der Waals surface area (Å²) in [7, 11) is 0.